The normalized spacial score (nSPS) is 19.8. The first kappa shape index (κ1) is 17.5. The van der Waals surface area contributed by atoms with Crippen LogP contribution < -0.4 is 10.6 Å². The fourth-order valence-corrected chi connectivity index (χ4v) is 3.39. The number of amides is 2. The van der Waals surface area contributed by atoms with Crippen LogP contribution in [0.5, 0.6) is 0 Å². The van der Waals surface area contributed by atoms with Gasteiger partial charge in [0.1, 0.15) is 6.10 Å². The number of hydrogen-bond donors (Lipinski definition) is 2. The molecule has 0 bridgehead atoms. The van der Waals surface area contributed by atoms with Crippen molar-refractivity contribution in [2.45, 2.75) is 52.4 Å². The topological polar surface area (TPSA) is 68.2 Å². The first-order chi connectivity index (χ1) is 12.1. The van der Waals surface area contributed by atoms with Crippen molar-refractivity contribution in [1.29, 1.82) is 0 Å². The second-order valence-corrected chi connectivity index (χ2v) is 6.39. The minimum atomic E-state index is -0.167. The van der Waals surface area contributed by atoms with Crippen LogP contribution >= 0.6 is 0 Å². The number of carbonyl (C=O) groups excluding carboxylic acids is 1. The van der Waals surface area contributed by atoms with Crippen molar-refractivity contribution < 1.29 is 9.53 Å². The third-order valence-corrected chi connectivity index (χ3v) is 4.79. The highest BCUT2D eigenvalue weighted by Gasteiger charge is 2.30. The van der Waals surface area contributed by atoms with Crippen LogP contribution in [0.3, 0.4) is 0 Å². The van der Waals surface area contributed by atoms with Crippen LogP contribution in [0, 0.1) is 13.8 Å². The molecule has 0 aliphatic carbocycles. The Balaban J connectivity index is 1.58. The van der Waals surface area contributed by atoms with Crippen LogP contribution in [0.25, 0.3) is 0 Å². The molecule has 6 nitrogen and oxygen atoms in total. The summed E-state index contributed by atoms with van der Waals surface area (Å²) < 4.78 is 7.77. The standard InChI is InChI=1S/C19H26N4O2/c1-4-23-14(3)16(13(2)22-23)12-20-19(24)21-17-10-11-25-18(17)15-8-6-5-7-9-15/h5-9,17-18H,4,10-12H2,1-3H3,(H2,20,21,24). The first-order valence-corrected chi connectivity index (χ1v) is 8.84. The maximum Gasteiger partial charge on any atom is 0.315 e. The van der Waals surface area contributed by atoms with Gasteiger partial charge in [-0.15, -0.1) is 0 Å². The zero-order chi connectivity index (χ0) is 17.8. The largest absolute Gasteiger partial charge is 0.371 e. The van der Waals surface area contributed by atoms with E-state index in [1.807, 2.05) is 48.9 Å². The van der Waals surface area contributed by atoms with Crippen molar-refractivity contribution in [3.05, 3.63) is 52.8 Å². The molecule has 1 aliphatic heterocycles. The third kappa shape index (κ3) is 3.85. The summed E-state index contributed by atoms with van der Waals surface area (Å²) in [4.78, 5) is 12.3. The van der Waals surface area contributed by atoms with E-state index in [1.54, 1.807) is 0 Å². The highest BCUT2D eigenvalue weighted by molar-refractivity contribution is 5.74. The maximum atomic E-state index is 12.3. The molecular weight excluding hydrogens is 316 g/mol. The average molecular weight is 342 g/mol. The van der Waals surface area contributed by atoms with Gasteiger partial charge in [0.2, 0.25) is 0 Å². The van der Waals surface area contributed by atoms with E-state index in [0.29, 0.717) is 13.2 Å². The lowest BCUT2D eigenvalue weighted by Gasteiger charge is -2.20. The zero-order valence-electron chi connectivity index (χ0n) is 15.1. The molecule has 2 aromatic rings. The Morgan fingerprint density at radius 1 is 1.32 bits per heavy atom. The summed E-state index contributed by atoms with van der Waals surface area (Å²) >= 11 is 0. The molecule has 0 saturated carbocycles. The Hall–Kier alpha value is -2.34. The number of rotatable bonds is 5. The Kier molecular flexibility index (Phi) is 5.38. The van der Waals surface area contributed by atoms with Crippen LogP contribution in [-0.2, 0) is 17.8 Å². The van der Waals surface area contributed by atoms with Crippen LogP contribution in [0.4, 0.5) is 4.79 Å². The number of aromatic nitrogens is 2. The number of nitrogens with zero attached hydrogens (tertiary/aromatic N) is 2. The van der Waals surface area contributed by atoms with Gasteiger partial charge in [0.15, 0.2) is 0 Å². The molecule has 3 rings (SSSR count). The maximum absolute atomic E-state index is 12.3. The second-order valence-electron chi connectivity index (χ2n) is 6.39. The average Bonchev–Trinajstić information content (AvgIpc) is 3.18. The predicted molar refractivity (Wildman–Crippen MR) is 96.3 cm³/mol. The van der Waals surface area contributed by atoms with Gasteiger partial charge in [0.25, 0.3) is 0 Å². The van der Waals surface area contributed by atoms with E-state index in [9.17, 15) is 4.79 Å². The first-order valence-electron chi connectivity index (χ1n) is 8.84. The summed E-state index contributed by atoms with van der Waals surface area (Å²) in [5.74, 6) is 0. The number of urea groups is 1. The molecule has 2 unspecified atom stereocenters. The molecule has 1 aromatic carbocycles. The highest BCUT2D eigenvalue weighted by atomic mass is 16.5. The van der Waals surface area contributed by atoms with Crippen molar-refractivity contribution in [2.75, 3.05) is 6.61 Å². The fraction of sp³-hybridized carbons (Fsp3) is 0.474. The third-order valence-electron chi connectivity index (χ3n) is 4.79. The van der Waals surface area contributed by atoms with Gasteiger partial charge in [0.05, 0.1) is 11.7 Å². The molecule has 0 radical (unpaired) electrons. The zero-order valence-corrected chi connectivity index (χ0v) is 15.1. The van der Waals surface area contributed by atoms with Crippen molar-refractivity contribution in [3.63, 3.8) is 0 Å². The summed E-state index contributed by atoms with van der Waals surface area (Å²) in [7, 11) is 0. The Bertz CT molecular complexity index is 727. The molecule has 1 saturated heterocycles. The molecule has 25 heavy (non-hydrogen) atoms. The van der Waals surface area contributed by atoms with Gasteiger partial charge in [-0.05, 0) is 32.8 Å². The number of nitrogens with one attached hydrogen (secondary N) is 2. The summed E-state index contributed by atoms with van der Waals surface area (Å²) in [6, 6.07) is 9.86. The summed E-state index contributed by atoms with van der Waals surface area (Å²) in [5.41, 5.74) is 4.25. The molecule has 2 N–H and O–H groups in total. The number of hydrogen-bond acceptors (Lipinski definition) is 3. The van der Waals surface area contributed by atoms with E-state index in [4.69, 9.17) is 4.74 Å². The van der Waals surface area contributed by atoms with Gasteiger partial charge in [-0.3, -0.25) is 4.68 Å². The van der Waals surface area contributed by atoms with Crippen molar-refractivity contribution in [1.82, 2.24) is 20.4 Å². The van der Waals surface area contributed by atoms with Crippen molar-refractivity contribution >= 4 is 6.03 Å². The Morgan fingerprint density at radius 3 is 2.76 bits per heavy atom. The molecule has 134 valence electrons. The van der Waals surface area contributed by atoms with E-state index in [0.717, 1.165) is 35.5 Å². The lowest BCUT2D eigenvalue weighted by molar-refractivity contribution is 0.0999. The summed E-state index contributed by atoms with van der Waals surface area (Å²) in [5, 5.41) is 10.5. The molecule has 1 aliphatic rings. The quantitative estimate of drug-likeness (QED) is 0.878. The minimum Gasteiger partial charge on any atom is -0.371 e. The summed E-state index contributed by atoms with van der Waals surface area (Å²) in [6.07, 6.45) is 0.733. The van der Waals surface area contributed by atoms with Gasteiger partial charge >= 0.3 is 6.03 Å². The molecule has 2 atom stereocenters. The molecule has 6 heteroatoms. The van der Waals surface area contributed by atoms with E-state index >= 15 is 0 Å². The van der Waals surface area contributed by atoms with Gasteiger partial charge in [-0.1, -0.05) is 30.3 Å². The number of ether oxygens (including phenoxy) is 1. The molecule has 2 heterocycles. The molecule has 2 amide bonds. The van der Waals surface area contributed by atoms with E-state index in [-0.39, 0.29) is 18.2 Å². The number of benzene rings is 1. The Morgan fingerprint density at radius 2 is 2.08 bits per heavy atom. The number of carbonyl (C=O) groups is 1. The van der Waals surface area contributed by atoms with Gasteiger partial charge in [-0.25, -0.2) is 4.79 Å². The van der Waals surface area contributed by atoms with E-state index < -0.39 is 0 Å². The Labute approximate surface area is 148 Å². The minimum absolute atomic E-state index is 0.0111. The van der Waals surface area contributed by atoms with Crippen LogP contribution in [-0.4, -0.2) is 28.5 Å². The van der Waals surface area contributed by atoms with Crippen LogP contribution in [0.2, 0.25) is 0 Å². The molecule has 1 aromatic heterocycles. The number of aryl methyl sites for hydroxylation is 2. The molecule has 0 spiro atoms. The van der Waals surface area contributed by atoms with Crippen molar-refractivity contribution in [2.24, 2.45) is 0 Å². The van der Waals surface area contributed by atoms with Crippen LogP contribution in [0.1, 0.15) is 42.0 Å². The second kappa shape index (κ2) is 7.70. The lowest BCUT2D eigenvalue weighted by Crippen LogP contribution is -2.43. The SMILES string of the molecule is CCn1nc(C)c(CNC(=O)NC2CCOC2c2ccccc2)c1C. The smallest absolute Gasteiger partial charge is 0.315 e. The van der Waals surface area contributed by atoms with Crippen LogP contribution in [0.15, 0.2) is 30.3 Å². The highest BCUT2D eigenvalue weighted by Crippen LogP contribution is 2.28. The van der Waals surface area contributed by atoms with Gasteiger partial charge < -0.3 is 15.4 Å². The van der Waals surface area contributed by atoms with E-state index in [1.165, 1.54) is 0 Å². The fourth-order valence-electron chi connectivity index (χ4n) is 3.39. The van der Waals surface area contributed by atoms with Gasteiger partial charge in [0, 0.05) is 31.0 Å². The molecule has 1 fully saturated rings. The monoisotopic (exact) mass is 342 g/mol. The summed E-state index contributed by atoms with van der Waals surface area (Å²) in [6.45, 7) is 8.04. The van der Waals surface area contributed by atoms with Crippen molar-refractivity contribution in [3.8, 4) is 0 Å². The van der Waals surface area contributed by atoms with Gasteiger partial charge in [-0.2, -0.15) is 5.10 Å². The van der Waals surface area contributed by atoms with E-state index in [2.05, 4.69) is 22.7 Å². The molecular formula is C19H26N4O2. The predicted octanol–water partition coefficient (Wildman–Crippen LogP) is 2.85. The lowest BCUT2D eigenvalue weighted by atomic mass is 10.0.